The molecular weight excluding hydrogens is 258 g/mol. The lowest BCUT2D eigenvalue weighted by molar-refractivity contribution is 0.874. The minimum absolute atomic E-state index is 0.916. The van der Waals surface area contributed by atoms with Crippen LogP contribution in [0.4, 0.5) is 0 Å². The van der Waals surface area contributed by atoms with Gasteiger partial charge in [0.2, 0.25) is 0 Å². The minimum Gasteiger partial charge on any atom is -0.281 e. The Kier molecular flexibility index (Phi) is 3.33. The van der Waals surface area contributed by atoms with E-state index in [0.717, 1.165) is 28.4 Å². The molecule has 3 aromatic rings. The Morgan fingerprint density at radius 2 is 2.32 bits per heavy atom. The van der Waals surface area contributed by atoms with Crippen molar-refractivity contribution in [3.63, 3.8) is 0 Å². The van der Waals surface area contributed by atoms with Crippen molar-refractivity contribution in [3.05, 3.63) is 48.7 Å². The van der Waals surface area contributed by atoms with Gasteiger partial charge in [0.05, 0.1) is 23.8 Å². The Morgan fingerprint density at radius 3 is 3.11 bits per heavy atom. The maximum Gasteiger partial charge on any atom is 0.0955 e. The average molecular weight is 271 g/mol. The summed E-state index contributed by atoms with van der Waals surface area (Å²) in [5, 5.41) is 11.7. The molecule has 1 N–H and O–H groups in total. The molecule has 0 saturated carbocycles. The highest BCUT2D eigenvalue weighted by Gasteiger charge is 2.07. The number of aromatic amines is 1. The summed E-state index contributed by atoms with van der Waals surface area (Å²) in [6.07, 6.45) is 9.36. The molecule has 0 radical (unpaired) electrons. The third-order valence-corrected chi connectivity index (χ3v) is 3.32. The molecule has 3 rings (SSSR count). The first-order valence-corrected chi connectivity index (χ1v) is 7.25. The van der Waals surface area contributed by atoms with Crippen molar-refractivity contribution < 1.29 is 0 Å². The zero-order valence-corrected chi connectivity index (χ0v) is 11.3. The fourth-order valence-electron chi connectivity index (χ4n) is 1.82. The summed E-state index contributed by atoms with van der Waals surface area (Å²) in [5.74, 6) is 0.934. The topological polar surface area (TPSA) is 59.4 Å². The minimum atomic E-state index is 0.916. The van der Waals surface area contributed by atoms with Crippen LogP contribution in [-0.4, -0.2) is 31.2 Å². The first-order valence-electron chi connectivity index (χ1n) is 5.85. The average Bonchev–Trinajstić information content (AvgIpc) is 3.08. The molecule has 5 nitrogen and oxygen atoms in total. The molecular formula is C13H13N5S. The number of rotatable bonds is 4. The van der Waals surface area contributed by atoms with Gasteiger partial charge >= 0.3 is 0 Å². The van der Waals surface area contributed by atoms with E-state index < -0.39 is 0 Å². The van der Waals surface area contributed by atoms with Gasteiger partial charge in [0, 0.05) is 29.4 Å². The van der Waals surface area contributed by atoms with Crippen LogP contribution in [0.15, 0.2) is 43.0 Å². The molecule has 6 heteroatoms. The number of nitrogens with one attached hydrogen (secondary N) is 1. The molecule has 96 valence electrons. The normalized spacial score (nSPS) is 10.8. The molecule has 0 spiro atoms. The van der Waals surface area contributed by atoms with Gasteiger partial charge in [-0.05, 0) is 24.5 Å². The molecule has 0 bridgehead atoms. The molecule has 0 fully saturated rings. The van der Waals surface area contributed by atoms with Crippen molar-refractivity contribution in [2.45, 2.75) is 5.75 Å². The predicted molar refractivity (Wildman–Crippen MR) is 76.2 cm³/mol. The van der Waals surface area contributed by atoms with E-state index in [1.54, 1.807) is 28.8 Å². The fourth-order valence-corrected chi connectivity index (χ4v) is 2.28. The molecule has 0 aliphatic rings. The van der Waals surface area contributed by atoms with E-state index in [2.05, 4.69) is 32.6 Å². The highest BCUT2D eigenvalue weighted by atomic mass is 32.2. The molecule has 0 aliphatic heterocycles. The van der Waals surface area contributed by atoms with Crippen molar-refractivity contribution in [1.82, 2.24) is 25.0 Å². The smallest absolute Gasteiger partial charge is 0.0955 e. The molecule has 0 atom stereocenters. The van der Waals surface area contributed by atoms with E-state index in [0.29, 0.717) is 0 Å². The summed E-state index contributed by atoms with van der Waals surface area (Å²) >= 11 is 1.76. The van der Waals surface area contributed by atoms with Crippen molar-refractivity contribution in [1.29, 1.82) is 0 Å². The zero-order chi connectivity index (χ0) is 13.1. The second kappa shape index (κ2) is 5.27. The largest absolute Gasteiger partial charge is 0.281 e. The van der Waals surface area contributed by atoms with E-state index in [4.69, 9.17) is 0 Å². The van der Waals surface area contributed by atoms with Crippen LogP contribution in [0.2, 0.25) is 0 Å². The number of pyridine rings is 1. The van der Waals surface area contributed by atoms with Gasteiger partial charge in [0.15, 0.2) is 0 Å². The third kappa shape index (κ3) is 2.53. The number of hydrogen-bond donors (Lipinski definition) is 1. The summed E-state index contributed by atoms with van der Waals surface area (Å²) in [7, 11) is 0. The van der Waals surface area contributed by atoms with E-state index in [9.17, 15) is 0 Å². The predicted octanol–water partition coefficient (Wildman–Crippen LogP) is 2.52. The Bertz CT molecular complexity index is 658. The molecule has 3 heterocycles. The van der Waals surface area contributed by atoms with Gasteiger partial charge in [0.1, 0.15) is 0 Å². The Morgan fingerprint density at radius 1 is 1.37 bits per heavy atom. The number of H-pyrrole nitrogens is 1. The number of hydrogen-bond acceptors (Lipinski definition) is 4. The van der Waals surface area contributed by atoms with Crippen molar-refractivity contribution >= 4 is 11.8 Å². The Balaban J connectivity index is 1.88. The molecule has 19 heavy (non-hydrogen) atoms. The maximum absolute atomic E-state index is 4.34. The lowest BCUT2D eigenvalue weighted by atomic mass is 10.2. The second-order valence-electron chi connectivity index (χ2n) is 4.10. The molecule has 0 amide bonds. The van der Waals surface area contributed by atoms with Gasteiger partial charge in [-0.2, -0.15) is 22.0 Å². The van der Waals surface area contributed by atoms with E-state index in [1.165, 1.54) is 0 Å². The molecule has 0 saturated heterocycles. The zero-order valence-electron chi connectivity index (χ0n) is 10.4. The van der Waals surface area contributed by atoms with Gasteiger partial charge in [-0.25, -0.2) is 4.68 Å². The van der Waals surface area contributed by atoms with Crippen molar-refractivity contribution in [2.24, 2.45) is 0 Å². The van der Waals surface area contributed by atoms with Gasteiger partial charge < -0.3 is 0 Å². The first-order chi connectivity index (χ1) is 9.36. The monoisotopic (exact) mass is 271 g/mol. The summed E-state index contributed by atoms with van der Waals surface area (Å²) in [6.45, 7) is 0. The van der Waals surface area contributed by atoms with Crippen LogP contribution in [-0.2, 0) is 5.75 Å². The number of aromatic nitrogens is 5. The number of nitrogens with zero attached hydrogens (tertiary/aromatic N) is 4. The molecule has 0 unspecified atom stereocenters. The van der Waals surface area contributed by atoms with Crippen molar-refractivity contribution in [2.75, 3.05) is 6.26 Å². The van der Waals surface area contributed by atoms with E-state index in [1.807, 2.05) is 24.5 Å². The lowest BCUT2D eigenvalue weighted by Gasteiger charge is -1.97. The molecule has 0 aliphatic carbocycles. The van der Waals surface area contributed by atoms with E-state index in [-0.39, 0.29) is 0 Å². The summed E-state index contributed by atoms with van der Waals surface area (Å²) in [5.41, 5.74) is 3.97. The van der Waals surface area contributed by atoms with Crippen LogP contribution in [0, 0.1) is 0 Å². The number of thioether (sulfide) groups is 1. The second-order valence-corrected chi connectivity index (χ2v) is 4.96. The van der Waals surface area contributed by atoms with Crippen LogP contribution in [0.3, 0.4) is 0 Å². The first kappa shape index (κ1) is 12.0. The van der Waals surface area contributed by atoms with Gasteiger partial charge in [-0.1, -0.05) is 0 Å². The maximum atomic E-state index is 4.34. The van der Waals surface area contributed by atoms with Crippen LogP contribution in [0.5, 0.6) is 0 Å². The standard InChI is InChI=1S/C13H13N5S/c1-19-9-11-5-13(17-16-11)10-6-15-18(8-10)12-3-2-4-14-7-12/h2-8H,9H2,1H3,(H,16,17). The van der Waals surface area contributed by atoms with Crippen LogP contribution in [0.1, 0.15) is 5.69 Å². The molecule has 0 aromatic carbocycles. The SMILES string of the molecule is CSCc1cc(-c2cnn(-c3cccnc3)c2)n[nH]1. The van der Waals surface area contributed by atoms with Crippen LogP contribution >= 0.6 is 11.8 Å². The Hall–Kier alpha value is -2.08. The summed E-state index contributed by atoms with van der Waals surface area (Å²) in [6, 6.07) is 5.91. The fraction of sp³-hybridized carbons (Fsp3) is 0.154. The van der Waals surface area contributed by atoms with Crippen LogP contribution in [0.25, 0.3) is 16.9 Å². The van der Waals surface area contributed by atoms with Crippen LogP contribution < -0.4 is 0 Å². The quantitative estimate of drug-likeness (QED) is 0.792. The Labute approximate surface area is 115 Å². The summed E-state index contributed by atoms with van der Waals surface area (Å²) in [4.78, 5) is 4.09. The third-order valence-electron chi connectivity index (χ3n) is 2.72. The van der Waals surface area contributed by atoms with Gasteiger partial charge in [0.25, 0.3) is 0 Å². The van der Waals surface area contributed by atoms with Gasteiger partial charge in [-0.3, -0.25) is 10.1 Å². The molecule has 3 aromatic heterocycles. The highest BCUT2D eigenvalue weighted by Crippen LogP contribution is 2.19. The van der Waals surface area contributed by atoms with E-state index >= 15 is 0 Å². The summed E-state index contributed by atoms with van der Waals surface area (Å²) < 4.78 is 1.80. The van der Waals surface area contributed by atoms with Crippen molar-refractivity contribution in [3.8, 4) is 16.9 Å². The lowest BCUT2D eigenvalue weighted by Crippen LogP contribution is -1.93. The highest BCUT2D eigenvalue weighted by molar-refractivity contribution is 7.97. The van der Waals surface area contributed by atoms with Gasteiger partial charge in [-0.15, -0.1) is 0 Å².